The fourth-order valence-electron chi connectivity index (χ4n) is 3.50. The van der Waals surface area contributed by atoms with Gasteiger partial charge in [-0.3, -0.25) is 4.90 Å². The summed E-state index contributed by atoms with van der Waals surface area (Å²) >= 11 is 0. The quantitative estimate of drug-likeness (QED) is 0.768. The van der Waals surface area contributed by atoms with Crippen LogP contribution in [0.2, 0.25) is 0 Å². The number of rotatable bonds is 6. The van der Waals surface area contributed by atoms with Crippen LogP contribution in [0.4, 0.5) is 0 Å². The second kappa shape index (κ2) is 7.58. The van der Waals surface area contributed by atoms with Gasteiger partial charge in [-0.25, -0.2) is 0 Å². The van der Waals surface area contributed by atoms with Crippen molar-refractivity contribution >= 4 is 0 Å². The van der Waals surface area contributed by atoms with Crippen LogP contribution in [0.1, 0.15) is 69.5 Å². The van der Waals surface area contributed by atoms with Crippen LogP contribution >= 0.6 is 0 Å². The molecule has 0 amide bonds. The predicted molar refractivity (Wildman–Crippen MR) is 103 cm³/mol. The van der Waals surface area contributed by atoms with E-state index < -0.39 is 0 Å². The van der Waals surface area contributed by atoms with Gasteiger partial charge in [-0.15, -0.1) is 5.10 Å². The molecule has 1 aliphatic heterocycles. The van der Waals surface area contributed by atoms with Crippen molar-refractivity contribution in [3.05, 3.63) is 35.3 Å². The molecule has 0 unspecified atom stereocenters. The van der Waals surface area contributed by atoms with Crippen LogP contribution < -0.4 is 4.74 Å². The van der Waals surface area contributed by atoms with Crippen molar-refractivity contribution in [3.8, 4) is 5.88 Å². The van der Waals surface area contributed by atoms with Gasteiger partial charge in [-0.1, -0.05) is 25.9 Å². The number of likely N-dealkylation sites (tertiary alicyclic amines) is 1. The maximum Gasteiger partial charge on any atom is 0.233 e. The molecule has 0 radical (unpaired) electrons. The molecule has 4 rings (SSSR count). The van der Waals surface area contributed by atoms with E-state index in [2.05, 4.69) is 47.1 Å². The van der Waals surface area contributed by atoms with E-state index in [4.69, 9.17) is 9.26 Å². The minimum atomic E-state index is 0.0155. The summed E-state index contributed by atoms with van der Waals surface area (Å²) in [5.41, 5.74) is 2.07. The summed E-state index contributed by atoms with van der Waals surface area (Å²) in [4.78, 5) is 2.46. The van der Waals surface area contributed by atoms with Crippen LogP contribution in [0.15, 0.2) is 22.7 Å². The van der Waals surface area contributed by atoms with Crippen molar-refractivity contribution < 1.29 is 9.26 Å². The van der Waals surface area contributed by atoms with Crippen molar-refractivity contribution in [2.75, 3.05) is 19.7 Å². The Morgan fingerprint density at radius 2 is 1.89 bits per heavy atom. The van der Waals surface area contributed by atoms with Gasteiger partial charge in [0, 0.05) is 30.0 Å². The molecule has 146 valence electrons. The molecule has 2 aliphatic rings. The van der Waals surface area contributed by atoms with E-state index in [0.717, 1.165) is 49.6 Å². The Bertz CT molecular complexity index is 738. The molecule has 6 heteroatoms. The smallest absolute Gasteiger partial charge is 0.233 e. The topological polar surface area (TPSA) is 64.3 Å². The summed E-state index contributed by atoms with van der Waals surface area (Å²) in [6.07, 6.45) is 4.79. The van der Waals surface area contributed by atoms with Gasteiger partial charge >= 0.3 is 0 Å². The third-order valence-electron chi connectivity index (χ3n) is 5.53. The molecule has 0 atom stereocenters. The van der Waals surface area contributed by atoms with Gasteiger partial charge in [-0.2, -0.15) is 5.10 Å². The molecule has 0 spiro atoms. The average Bonchev–Trinajstić information content (AvgIpc) is 3.40. The van der Waals surface area contributed by atoms with E-state index in [0.29, 0.717) is 24.3 Å². The molecular weight excluding hydrogens is 340 g/mol. The van der Waals surface area contributed by atoms with Gasteiger partial charge in [0.05, 0.1) is 18.0 Å². The SMILES string of the molecule is CC(C)(C)c1ccc(OCC2CCN(Cc3cc(C4CC4)on3)CC2)nn1. The Labute approximate surface area is 161 Å². The standard InChI is InChI=1S/C21H30N4O2/c1-21(2,3)19-6-7-20(23-22-19)26-14-15-8-10-25(11-9-15)13-17-12-18(27-24-17)16-4-5-16/h6-7,12,15-16H,4-5,8-11,13-14H2,1-3H3. The first kappa shape index (κ1) is 18.4. The van der Waals surface area contributed by atoms with Crippen molar-refractivity contribution in [2.45, 2.75) is 64.3 Å². The third kappa shape index (κ3) is 4.86. The van der Waals surface area contributed by atoms with Crippen LogP contribution in [0.3, 0.4) is 0 Å². The van der Waals surface area contributed by atoms with Crippen molar-refractivity contribution in [3.63, 3.8) is 0 Å². The number of hydrogen-bond donors (Lipinski definition) is 0. The highest BCUT2D eigenvalue weighted by atomic mass is 16.5. The second-order valence-corrected chi connectivity index (χ2v) is 9.03. The fraction of sp³-hybridized carbons (Fsp3) is 0.667. The van der Waals surface area contributed by atoms with Gasteiger partial charge < -0.3 is 9.26 Å². The molecule has 6 nitrogen and oxygen atoms in total. The lowest BCUT2D eigenvalue weighted by molar-refractivity contribution is 0.132. The summed E-state index contributed by atoms with van der Waals surface area (Å²) in [6.45, 7) is 10.2. The zero-order valence-corrected chi connectivity index (χ0v) is 16.6. The minimum absolute atomic E-state index is 0.0155. The van der Waals surface area contributed by atoms with Crippen molar-refractivity contribution in [1.29, 1.82) is 0 Å². The van der Waals surface area contributed by atoms with Crippen molar-refractivity contribution in [1.82, 2.24) is 20.3 Å². The Hall–Kier alpha value is -1.95. The molecule has 2 aromatic heterocycles. The monoisotopic (exact) mass is 370 g/mol. The van der Waals surface area contributed by atoms with E-state index in [1.807, 2.05) is 12.1 Å². The highest BCUT2D eigenvalue weighted by molar-refractivity contribution is 5.17. The predicted octanol–water partition coefficient (Wildman–Crippen LogP) is 3.93. The lowest BCUT2D eigenvalue weighted by atomic mass is 9.92. The summed E-state index contributed by atoms with van der Waals surface area (Å²) in [6, 6.07) is 6.09. The van der Waals surface area contributed by atoms with Gasteiger partial charge in [0.1, 0.15) is 5.76 Å². The normalized spacial score (nSPS) is 19.4. The molecule has 1 aliphatic carbocycles. The highest BCUT2D eigenvalue weighted by Crippen LogP contribution is 2.40. The van der Waals surface area contributed by atoms with E-state index >= 15 is 0 Å². The van der Waals surface area contributed by atoms with E-state index in [-0.39, 0.29) is 5.41 Å². The molecule has 1 saturated carbocycles. The summed E-state index contributed by atoms with van der Waals surface area (Å²) in [5, 5.41) is 12.7. The van der Waals surface area contributed by atoms with E-state index in [9.17, 15) is 0 Å². The highest BCUT2D eigenvalue weighted by Gasteiger charge is 2.28. The molecular formula is C21H30N4O2. The minimum Gasteiger partial charge on any atom is -0.476 e. The Morgan fingerprint density at radius 1 is 1.11 bits per heavy atom. The van der Waals surface area contributed by atoms with Gasteiger partial charge in [-0.05, 0) is 50.8 Å². The third-order valence-corrected chi connectivity index (χ3v) is 5.53. The molecule has 27 heavy (non-hydrogen) atoms. The van der Waals surface area contributed by atoms with E-state index in [1.165, 1.54) is 12.8 Å². The van der Waals surface area contributed by atoms with Crippen LogP contribution in [-0.4, -0.2) is 40.0 Å². The zero-order chi connectivity index (χ0) is 18.9. The maximum absolute atomic E-state index is 5.88. The first-order chi connectivity index (χ1) is 13.0. The van der Waals surface area contributed by atoms with E-state index in [1.54, 1.807) is 0 Å². The van der Waals surface area contributed by atoms with Gasteiger partial charge in [0.25, 0.3) is 0 Å². The number of nitrogens with zero attached hydrogens (tertiary/aromatic N) is 4. The molecule has 2 fully saturated rings. The lowest BCUT2D eigenvalue weighted by Gasteiger charge is -2.31. The molecule has 0 aromatic carbocycles. The number of hydrogen-bond acceptors (Lipinski definition) is 6. The molecule has 3 heterocycles. The average molecular weight is 370 g/mol. The van der Waals surface area contributed by atoms with Crippen LogP contribution in [0, 0.1) is 5.92 Å². The molecule has 0 N–H and O–H groups in total. The van der Waals surface area contributed by atoms with Crippen molar-refractivity contribution in [2.24, 2.45) is 5.92 Å². The number of piperidine rings is 1. The summed E-state index contributed by atoms with van der Waals surface area (Å²) in [7, 11) is 0. The second-order valence-electron chi connectivity index (χ2n) is 9.03. The van der Waals surface area contributed by atoms with Gasteiger partial charge in [0.15, 0.2) is 0 Å². The van der Waals surface area contributed by atoms with Gasteiger partial charge in [0.2, 0.25) is 5.88 Å². The van der Waals surface area contributed by atoms with Crippen LogP contribution in [-0.2, 0) is 12.0 Å². The van der Waals surface area contributed by atoms with Crippen LogP contribution in [0.5, 0.6) is 5.88 Å². The molecule has 1 saturated heterocycles. The molecule has 0 bridgehead atoms. The first-order valence-corrected chi connectivity index (χ1v) is 10.1. The Morgan fingerprint density at radius 3 is 2.52 bits per heavy atom. The number of aromatic nitrogens is 3. The van der Waals surface area contributed by atoms with Crippen LogP contribution in [0.25, 0.3) is 0 Å². The summed E-state index contributed by atoms with van der Waals surface area (Å²) < 4.78 is 11.3. The first-order valence-electron chi connectivity index (χ1n) is 10.1. The lowest BCUT2D eigenvalue weighted by Crippen LogP contribution is -2.35. The summed E-state index contributed by atoms with van der Waals surface area (Å²) in [5.74, 6) is 2.91. The number of ether oxygens (including phenoxy) is 1. The Balaban J connectivity index is 1.20. The fourth-order valence-corrected chi connectivity index (χ4v) is 3.50. The zero-order valence-electron chi connectivity index (χ0n) is 16.6. The Kier molecular flexibility index (Phi) is 5.17. The largest absolute Gasteiger partial charge is 0.476 e. The molecule has 2 aromatic rings. The maximum atomic E-state index is 5.88.